The number of hydrogen-bond acceptors (Lipinski definition) is 4. The molecular formula is C15H16O4. The largest absolute Gasteiger partial charge is 0.486 e. The molecule has 0 aromatic heterocycles. The number of carbonyl (C=O) groups excluding carboxylic acids is 1. The van der Waals surface area contributed by atoms with Gasteiger partial charge in [-0.2, -0.15) is 0 Å². The van der Waals surface area contributed by atoms with E-state index < -0.39 is 0 Å². The molecule has 0 saturated heterocycles. The number of benzene rings is 1. The number of rotatable bonds is 6. The molecule has 0 radical (unpaired) electrons. The van der Waals surface area contributed by atoms with Gasteiger partial charge in [0.2, 0.25) is 0 Å². The van der Waals surface area contributed by atoms with Gasteiger partial charge in [0.05, 0.1) is 0 Å². The molecule has 0 aliphatic heterocycles. The molecule has 19 heavy (non-hydrogen) atoms. The third kappa shape index (κ3) is 6.18. The van der Waals surface area contributed by atoms with Crippen molar-refractivity contribution in [2.75, 3.05) is 19.8 Å². The van der Waals surface area contributed by atoms with Gasteiger partial charge in [0.15, 0.2) is 18.1 Å². The summed E-state index contributed by atoms with van der Waals surface area (Å²) in [5.41, 5.74) is 0. The van der Waals surface area contributed by atoms with Gasteiger partial charge in [0.1, 0.15) is 13.2 Å². The van der Waals surface area contributed by atoms with E-state index in [2.05, 4.69) is 23.2 Å². The summed E-state index contributed by atoms with van der Waals surface area (Å²) >= 11 is 0. The molecule has 1 aromatic rings. The lowest BCUT2D eigenvalue weighted by molar-refractivity contribution is -0.139. The second-order valence-electron chi connectivity index (χ2n) is 3.47. The van der Waals surface area contributed by atoms with Gasteiger partial charge in [0, 0.05) is 6.92 Å². The van der Waals surface area contributed by atoms with E-state index in [1.165, 1.54) is 6.92 Å². The Labute approximate surface area is 113 Å². The van der Waals surface area contributed by atoms with Crippen LogP contribution in [0.25, 0.3) is 0 Å². The van der Waals surface area contributed by atoms with Gasteiger partial charge < -0.3 is 14.2 Å². The van der Waals surface area contributed by atoms with Crippen LogP contribution in [0.15, 0.2) is 36.9 Å². The Morgan fingerprint density at radius 1 is 1.21 bits per heavy atom. The maximum atomic E-state index is 10.5. The van der Waals surface area contributed by atoms with Crippen LogP contribution in [-0.2, 0) is 9.53 Å². The molecule has 0 saturated carbocycles. The van der Waals surface area contributed by atoms with Crippen LogP contribution >= 0.6 is 0 Å². The Balaban J connectivity index is 2.43. The van der Waals surface area contributed by atoms with Crippen molar-refractivity contribution in [2.24, 2.45) is 0 Å². The average Bonchev–Trinajstić information content (AvgIpc) is 2.41. The minimum absolute atomic E-state index is 0.0767. The molecule has 0 unspecified atom stereocenters. The number of hydrogen-bond donors (Lipinski definition) is 0. The molecule has 0 spiro atoms. The molecule has 4 nitrogen and oxygen atoms in total. The number of carbonyl (C=O) groups is 1. The first-order chi connectivity index (χ1) is 9.24. The zero-order chi connectivity index (χ0) is 13.9. The second kappa shape index (κ2) is 8.65. The van der Waals surface area contributed by atoms with E-state index in [9.17, 15) is 4.79 Å². The van der Waals surface area contributed by atoms with Crippen LogP contribution in [0.5, 0.6) is 11.5 Å². The lowest BCUT2D eigenvalue weighted by atomic mass is 10.3. The minimum atomic E-state index is -0.349. The Kier molecular flexibility index (Phi) is 6.67. The quantitative estimate of drug-likeness (QED) is 0.447. The maximum absolute atomic E-state index is 10.5. The maximum Gasteiger partial charge on any atom is 0.303 e. The molecule has 0 atom stereocenters. The van der Waals surface area contributed by atoms with Gasteiger partial charge in [-0.25, -0.2) is 0 Å². The summed E-state index contributed by atoms with van der Waals surface area (Å²) < 4.78 is 15.6. The predicted molar refractivity (Wildman–Crippen MR) is 72.0 cm³/mol. The van der Waals surface area contributed by atoms with Crippen LogP contribution in [0.4, 0.5) is 0 Å². The summed E-state index contributed by atoms with van der Waals surface area (Å²) in [6.45, 7) is 5.62. The van der Waals surface area contributed by atoms with Crippen molar-refractivity contribution in [3.05, 3.63) is 36.9 Å². The Hall–Kier alpha value is -2.41. The fourth-order valence-corrected chi connectivity index (χ4v) is 1.19. The van der Waals surface area contributed by atoms with E-state index in [1.54, 1.807) is 12.1 Å². The summed E-state index contributed by atoms with van der Waals surface area (Å²) in [4.78, 5) is 10.5. The molecule has 4 heteroatoms. The van der Waals surface area contributed by atoms with E-state index >= 15 is 0 Å². The summed E-state index contributed by atoms with van der Waals surface area (Å²) in [6.07, 6.45) is 1.66. The van der Waals surface area contributed by atoms with E-state index in [1.807, 2.05) is 18.2 Å². The number of para-hydroxylation sites is 2. The molecule has 0 amide bonds. The highest BCUT2D eigenvalue weighted by Gasteiger charge is 2.01. The van der Waals surface area contributed by atoms with Crippen LogP contribution in [0.2, 0.25) is 0 Å². The van der Waals surface area contributed by atoms with Gasteiger partial charge in [-0.15, -0.1) is 0 Å². The second-order valence-corrected chi connectivity index (χ2v) is 3.47. The standard InChI is InChI=1S/C15H16O4/c1-3-10-18-14-8-4-5-9-15(14)19-12-7-6-11-17-13(2)16/h3-5,8-9H,1,10-12H2,2H3. The Morgan fingerprint density at radius 2 is 1.84 bits per heavy atom. The van der Waals surface area contributed by atoms with Crippen molar-refractivity contribution >= 4 is 5.97 Å². The monoisotopic (exact) mass is 260 g/mol. The van der Waals surface area contributed by atoms with Crippen molar-refractivity contribution in [1.82, 2.24) is 0 Å². The highest BCUT2D eigenvalue weighted by molar-refractivity contribution is 5.66. The summed E-state index contributed by atoms with van der Waals surface area (Å²) in [7, 11) is 0. The summed E-state index contributed by atoms with van der Waals surface area (Å²) in [5.74, 6) is 6.33. The van der Waals surface area contributed by atoms with Crippen LogP contribution < -0.4 is 9.47 Å². The molecular weight excluding hydrogens is 244 g/mol. The third-order valence-electron chi connectivity index (χ3n) is 1.98. The molecule has 0 fully saturated rings. The SMILES string of the molecule is C=CCOc1ccccc1OCC#CCOC(C)=O. The Morgan fingerprint density at radius 3 is 2.47 bits per heavy atom. The van der Waals surface area contributed by atoms with E-state index in [-0.39, 0.29) is 19.2 Å². The Bertz CT molecular complexity index is 482. The first-order valence-electron chi connectivity index (χ1n) is 5.78. The molecule has 1 aromatic carbocycles. The lowest BCUT2D eigenvalue weighted by Gasteiger charge is -2.09. The van der Waals surface area contributed by atoms with Gasteiger partial charge in [-0.05, 0) is 12.1 Å². The van der Waals surface area contributed by atoms with Gasteiger partial charge in [-0.3, -0.25) is 4.79 Å². The fraction of sp³-hybridized carbons (Fsp3) is 0.267. The third-order valence-corrected chi connectivity index (χ3v) is 1.98. The summed E-state index contributed by atoms with van der Waals surface area (Å²) in [5, 5.41) is 0. The van der Waals surface area contributed by atoms with Crippen molar-refractivity contribution in [1.29, 1.82) is 0 Å². The molecule has 0 aliphatic rings. The smallest absolute Gasteiger partial charge is 0.303 e. The van der Waals surface area contributed by atoms with Gasteiger partial charge in [0.25, 0.3) is 0 Å². The van der Waals surface area contributed by atoms with Crippen molar-refractivity contribution in [2.45, 2.75) is 6.92 Å². The topological polar surface area (TPSA) is 44.8 Å². The lowest BCUT2D eigenvalue weighted by Crippen LogP contribution is -2.01. The zero-order valence-corrected chi connectivity index (χ0v) is 10.8. The highest BCUT2D eigenvalue weighted by atomic mass is 16.5. The van der Waals surface area contributed by atoms with Crippen molar-refractivity contribution in [3.8, 4) is 23.3 Å². The fourth-order valence-electron chi connectivity index (χ4n) is 1.19. The first kappa shape index (κ1) is 14.7. The van der Waals surface area contributed by atoms with Crippen molar-refractivity contribution < 1.29 is 19.0 Å². The molecule has 0 N–H and O–H groups in total. The number of ether oxygens (including phenoxy) is 3. The highest BCUT2D eigenvalue weighted by Crippen LogP contribution is 2.26. The minimum Gasteiger partial charge on any atom is -0.486 e. The van der Waals surface area contributed by atoms with Gasteiger partial charge in [-0.1, -0.05) is 36.6 Å². The summed E-state index contributed by atoms with van der Waals surface area (Å²) in [6, 6.07) is 7.32. The van der Waals surface area contributed by atoms with E-state index in [4.69, 9.17) is 9.47 Å². The first-order valence-corrected chi connectivity index (χ1v) is 5.78. The van der Waals surface area contributed by atoms with Crippen LogP contribution in [0.1, 0.15) is 6.92 Å². The number of esters is 1. The molecule has 100 valence electrons. The predicted octanol–water partition coefficient (Wildman–Crippen LogP) is 2.20. The van der Waals surface area contributed by atoms with E-state index in [0.717, 1.165) is 0 Å². The molecule has 0 bridgehead atoms. The van der Waals surface area contributed by atoms with Crippen LogP contribution in [0, 0.1) is 11.8 Å². The average molecular weight is 260 g/mol. The molecule has 0 heterocycles. The zero-order valence-electron chi connectivity index (χ0n) is 10.8. The van der Waals surface area contributed by atoms with E-state index in [0.29, 0.717) is 18.1 Å². The molecule has 0 aliphatic carbocycles. The van der Waals surface area contributed by atoms with Crippen LogP contribution in [0.3, 0.4) is 0 Å². The van der Waals surface area contributed by atoms with Crippen molar-refractivity contribution in [3.63, 3.8) is 0 Å². The molecule has 1 rings (SSSR count). The van der Waals surface area contributed by atoms with Crippen LogP contribution in [-0.4, -0.2) is 25.8 Å². The normalized spacial score (nSPS) is 8.89. The van der Waals surface area contributed by atoms with Gasteiger partial charge >= 0.3 is 5.97 Å².